The first-order valence-electron chi connectivity index (χ1n) is 8.83. The monoisotopic (exact) mass is 348 g/mol. The van der Waals surface area contributed by atoms with E-state index < -0.39 is 0 Å². The van der Waals surface area contributed by atoms with Crippen LogP contribution >= 0.6 is 0 Å². The Hall–Kier alpha value is -2.79. The normalized spacial score (nSPS) is 18.4. The van der Waals surface area contributed by atoms with Crippen LogP contribution in [0.4, 0.5) is 0 Å². The number of benzene rings is 2. The molecular formula is C21H20N2O3. The largest absolute Gasteiger partial charge is 0.492 e. The summed E-state index contributed by atoms with van der Waals surface area (Å²) in [6.45, 7) is 3.45. The minimum atomic E-state index is -0.236. The molecule has 1 aliphatic carbocycles. The SMILES string of the molecule is CC1Oc2cc3c(cc2O1)=C1N=c2ccc(OCCN(C)C)cc2=C1C=3. The van der Waals surface area contributed by atoms with E-state index >= 15 is 0 Å². The van der Waals surface area contributed by atoms with Gasteiger partial charge in [0.1, 0.15) is 12.4 Å². The Morgan fingerprint density at radius 1 is 1.08 bits per heavy atom. The predicted molar refractivity (Wildman–Crippen MR) is 99.0 cm³/mol. The van der Waals surface area contributed by atoms with Gasteiger partial charge in [-0.25, -0.2) is 4.99 Å². The average Bonchev–Trinajstić information content (AvgIpc) is 3.23. The third-order valence-electron chi connectivity index (χ3n) is 4.81. The van der Waals surface area contributed by atoms with Crippen molar-refractivity contribution >= 4 is 17.3 Å². The van der Waals surface area contributed by atoms with Crippen LogP contribution in [0.3, 0.4) is 0 Å². The van der Waals surface area contributed by atoms with Gasteiger partial charge in [0, 0.05) is 29.5 Å². The molecule has 132 valence electrons. The molecule has 0 amide bonds. The zero-order chi connectivity index (χ0) is 17.8. The maximum absolute atomic E-state index is 5.88. The van der Waals surface area contributed by atoms with E-state index in [2.05, 4.69) is 17.0 Å². The van der Waals surface area contributed by atoms with Crippen molar-refractivity contribution in [2.45, 2.75) is 13.2 Å². The fraction of sp³-hybridized carbons (Fsp3) is 0.286. The fourth-order valence-corrected chi connectivity index (χ4v) is 3.55. The van der Waals surface area contributed by atoms with Gasteiger partial charge in [-0.2, -0.15) is 0 Å². The molecule has 0 spiro atoms. The molecule has 2 heterocycles. The molecule has 5 nitrogen and oxygen atoms in total. The van der Waals surface area contributed by atoms with Crippen LogP contribution in [0.1, 0.15) is 6.92 Å². The van der Waals surface area contributed by atoms with Gasteiger partial charge in [-0.1, -0.05) is 0 Å². The molecule has 2 aliphatic heterocycles. The third kappa shape index (κ3) is 2.39. The van der Waals surface area contributed by atoms with Gasteiger partial charge in [-0.05, 0) is 55.7 Å². The molecule has 0 fully saturated rings. The summed E-state index contributed by atoms with van der Waals surface area (Å²) in [4.78, 5) is 6.94. The molecule has 0 saturated carbocycles. The van der Waals surface area contributed by atoms with Crippen LogP contribution in [0.25, 0.3) is 17.3 Å². The highest BCUT2D eigenvalue weighted by molar-refractivity contribution is 6.07. The van der Waals surface area contributed by atoms with Gasteiger partial charge < -0.3 is 19.1 Å². The second kappa shape index (κ2) is 5.61. The zero-order valence-electron chi connectivity index (χ0n) is 15.1. The Kier molecular flexibility index (Phi) is 3.34. The molecule has 26 heavy (non-hydrogen) atoms. The number of fused-ring (bicyclic) bond motifs is 4. The van der Waals surface area contributed by atoms with Crippen molar-refractivity contribution in [3.05, 3.63) is 51.3 Å². The highest BCUT2D eigenvalue weighted by Gasteiger charge is 2.24. The minimum Gasteiger partial charge on any atom is -0.492 e. The summed E-state index contributed by atoms with van der Waals surface area (Å²) in [5.41, 5.74) is 2.15. The van der Waals surface area contributed by atoms with Gasteiger partial charge in [-0.3, -0.25) is 0 Å². The van der Waals surface area contributed by atoms with Gasteiger partial charge in [0.2, 0.25) is 6.29 Å². The van der Waals surface area contributed by atoms with Crippen molar-refractivity contribution in [3.8, 4) is 17.2 Å². The molecule has 0 N–H and O–H groups in total. The Balaban J connectivity index is 1.59. The van der Waals surface area contributed by atoms with Gasteiger partial charge in [0.15, 0.2) is 11.5 Å². The van der Waals surface area contributed by atoms with E-state index in [1.165, 1.54) is 0 Å². The van der Waals surface area contributed by atoms with Crippen molar-refractivity contribution in [2.24, 2.45) is 4.99 Å². The van der Waals surface area contributed by atoms with Gasteiger partial charge in [0.05, 0.1) is 11.1 Å². The lowest BCUT2D eigenvalue weighted by Crippen LogP contribution is -2.25. The second-order valence-corrected chi connectivity index (χ2v) is 7.04. The molecule has 0 bridgehead atoms. The number of likely N-dealkylation sites (N-methyl/N-ethyl adjacent to an activating group) is 1. The standard InChI is InChI=1S/C21H20N2O3/c1-12-25-19-9-13-8-17-16-10-14(24-7-6-23(2)3)4-5-18(16)22-21(17)15(13)11-20(19)26-12/h4-5,8-12H,6-7H2,1-3H3. The molecule has 1 atom stereocenters. The number of hydrogen-bond donors (Lipinski definition) is 0. The Labute approximate surface area is 151 Å². The van der Waals surface area contributed by atoms with Gasteiger partial charge in [0.25, 0.3) is 0 Å². The molecule has 1 unspecified atom stereocenters. The lowest BCUT2D eigenvalue weighted by Gasteiger charge is -2.10. The van der Waals surface area contributed by atoms with Crippen LogP contribution in [0.2, 0.25) is 0 Å². The van der Waals surface area contributed by atoms with E-state index in [0.29, 0.717) is 6.61 Å². The van der Waals surface area contributed by atoms with E-state index in [9.17, 15) is 0 Å². The number of nitrogens with zero attached hydrogens (tertiary/aromatic N) is 2. The predicted octanol–water partition coefficient (Wildman–Crippen LogP) is 0.131. The lowest BCUT2D eigenvalue weighted by molar-refractivity contribution is 0.0678. The Morgan fingerprint density at radius 3 is 2.69 bits per heavy atom. The van der Waals surface area contributed by atoms with Crippen molar-refractivity contribution in [1.29, 1.82) is 0 Å². The van der Waals surface area contributed by atoms with Crippen molar-refractivity contribution in [3.63, 3.8) is 0 Å². The molecular weight excluding hydrogens is 328 g/mol. The van der Waals surface area contributed by atoms with E-state index in [0.717, 1.165) is 56.1 Å². The van der Waals surface area contributed by atoms with Crippen LogP contribution in [0.5, 0.6) is 17.2 Å². The topological polar surface area (TPSA) is 43.3 Å². The number of hydrogen-bond acceptors (Lipinski definition) is 5. The van der Waals surface area contributed by atoms with Crippen LogP contribution in [0.15, 0.2) is 35.3 Å². The maximum atomic E-state index is 5.88. The molecule has 2 aromatic rings. The summed E-state index contributed by atoms with van der Waals surface area (Å²) in [5.74, 6) is 2.47. The van der Waals surface area contributed by atoms with Crippen LogP contribution in [-0.4, -0.2) is 38.4 Å². The van der Waals surface area contributed by atoms with Crippen molar-refractivity contribution in [1.82, 2.24) is 4.90 Å². The fourth-order valence-electron chi connectivity index (χ4n) is 3.55. The van der Waals surface area contributed by atoms with Crippen LogP contribution in [0, 0.1) is 0 Å². The average molecular weight is 348 g/mol. The zero-order valence-corrected chi connectivity index (χ0v) is 15.1. The van der Waals surface area contributed by atoms with Gasteiger partial charge >= 0.3 is 0 Å². The smallest absolute Gasteiger partial charge is 0.238 e. The van der Waals surface area contributed by atoms with E-state index in [1.807, 2.05) is 45.3 Å². The van der Waals surface area contributed by atoms with Crippen LogP contribution < -0.4 is 35.2 Å². The molecule has 0 aromatic heterocycles. The molecule has 5 heteroatoms. The minimum absolute atomic E-state index is 0.236. The van der Waals surface area contributed by atoms with E-state index in [1.54, 1.807) is 0 Å². The first-order valence-corrected chi connectivity index (χ1v) is 8.83. The Morgan fingerprint density at radius 2 is 1.88 bits per heavy atom. The van der Waals surface area contributed by atoms with Crippen LogP contribution in [-0.2, 0) is 0 Å². The number of ether oxygens (including phenoxy) is 3. The van der Waals surface area contributed by atoms with E-state index in [4.69, 9.17) is 19.2 Å². The summed E-state index contributed by atoms with van der Waals surface area (Å²) in [6, 6.07) is 10.2. The lowest BCUT2D eigenvalue weighted by atomic mass is 10.1. The summed E-state index contributed by atoms with van der Waals surface area (Å²) in [6.07, 6.45) is 1.94. The second-order valence-electron chi connectivity index (χ2n) is 7.04. The quantitative estimate of drug-likeness (QED) is 0.788. The first-order chi connectivity index (χ1) is 12.6. The number of rotatable bonds is 4. The highest BCUT2D eigenvalue weighted by Crippen LogP contribution is 2.33. The van der Waals surface area contributed by atoms with E-state index in [-0.39, 0.29) is 6.29 Å². The molecule has 3 aliphatic rings. The first kappa shape index (κ1) is 15.5. The van der Waals surface area contributed by atoms with Crippen molar-refractivity contribution < 1.29 is 14.2 Å². The summed E-state index contributed by atoms with van der Waals surface area (Å²) in [7, 11) is 4.08. The summed E-state index contributed by atoms with van der Waals surface area (Å²) >= 11 is 0. The van der Waals surface area contributed by atoms with Gasteiger partial charge in [-0.15, -0.1) is 0 Å². The molecule has 0 saturated heterocycles. The highest BCUT2D eigenvalue weighted by atomic mass is 16.7. The molecule has 0 radical (unpaired) electrons. The maximum Gasteiger partial charge on any atom is 0.238 e. The van der Waals surface area contributed by atoms with Crippen molar-refractivity contribution in [2.75, 3.05) is 27.2 Å². The summed E-state index contributed by atoms with van der Waals surface area (Å²) < 4.78 is 17.3. The third-order valence-corrected chi connectivity index (χ3v) is 4.81. The molecule has 2 aromatic carbocycles. The molecule has 5 rings (SSSR count). The summed E-state index contributed by atoms with van der Waals surface area (Å²) in [5, 5.41) is 4.33. The Bertz CT molecular complexity index is 1160.